The van der Waals surface area contributed by atoms with Gasteiger partial charge in [-0.1, -0.05) is 31.2 Å². The molecule has 0 bridgehead atoms. The Balaban J connectivity index is 2.27. The molecule has 0 aromatic rings. The van der Waals surface area contributed by atoms with Crippen molar-refractivity contribution >= 4 is 0 Å². The summed E-state index contributed by atoms with van der Waals surface area (Å²) in [4.78, 5) is 22.2. The van der Waals surface area contributed by atoms with Gasteiger partial charge in [0.1, 0.15) is 0 Å². The molecule has 20 heavy (non-hydrogen) atoms. The Hall–Kier alpha value is -1.26. The van der Waals surface area contributed by atoms with Crippen molar-refractivity contribution in [2.24, 2.45) is 22.4 Å². The predicted octanol–water partition coefficient (Wildman–Crippen LogP) is 3.95. The Kier molecular flexibility index (Phi) is 3.73. The van der Waals surface area contributed by atoms with Crippen molar-refractivity contribution in [1.29, 1.82) is 0 Å². The van der Waals surface area contributed by atoms with Crippen LogP contribution in [0.25, 0.3) is 0 Å². The first kappa shape index (κ1) is 15.1. The summed E-state index contributed by atoms with van der Waals surface area (Å²) in [6.07, 6.45) is 3.43. The molecule has 0 N–H and O–H groups in total. The molecule has 0 heterocycles. The maximum atomic E-state index is 11.3. The number of nitroso groups, excluding NO2 is 1. The molecule has 0 unspecified atom stereocenters. The number of nitro groups is 1. The van der Waals surface area contributed by atoms with Crippen molar-refractivity contribution in [3.8, 4) is 0 Å². The summed E-state index contributed by atoms with van der Waals surface area (Å²) in [7, 11) is 0. The van der Waals surface area contributed by atoms with Gasteiger partial charge in [0.05, 0.1) is 0 Å². The van der Waals surface area contributed by atoms with Crippen molar-refractivity contribution in [3.05, 3.63) is 27.2 Å². The third-order valence-corrected chi connectivity index (χ3v) is 5.64. The number of fused-ring (bicyclic) bond motifs is 1. The van der Waals surface area contributed by atoms with Crippen molar-refractivity contribution in [3.63, 3.8) is 0 Å². The molecule has 0 aliphatic heterocycles. The smallest absolute Gasteiger partial charge is 0.241 e. The molecule has 0 amide bonds. The highest BCUT2D eigenvalue weighted by Crippen LogP contribution is 2.57. The van der Waals surface area contributed by atoms with Gasteiger partial charge >= 0.3 is 0 Å². The van der Waals surface area contributed by atoms with Crippen LogP contribution in [0, 0.1) is 32.3 Å². The fourth-order valence-electron chi connectivity index (χ4n) is 4.14. The lowest BCUT2D eigenvalue weighted by atomic mass is 9.52. The number of hydrogen-bond donors (Lipinski definition) is 0. The number of rotatable bonds is 2. The van der Waals surface area contributed by atoms with Crippen LogP contribution in [0.4, 0.5) is 0 Å². The third kappa shape index (κ3) is 2.38. The van der Waals surface area contributed by atoms with Crippen LogP contribution >= 0.6 is 0 Å². The van der Waals surface area contributed by atoms with Crippen LogP contribution in [-0.4, -0.2) is 16.5 Å². The molecule has 2 aliphatic carbocycles. The molecule has 2 aliphatic rings. The van der Waals surface area contributed by atoms with Crippen molar-refractivity contribution in [2.45, 2.75) is 64.5 Å². The van der Waals surface area contributed by atoms with Crippen LogP contribution in [0.1, 0.15) is 52.9 Å². The SMILES string of the molecule is C=C1CC[C@@H]([N+](=O)[O-])[C@](C)(N=O)CC[C@H]2[C@H]1CC2(C)C. The van der Waals surface area contributed by atoms with Gasteiger partial charge in [-0.25, -0.2) is 0 Å². The van der Waals surface area contributed by atoms with Crippen LogP contribution in [-0.2, 0) is 0 Å². The van der Waals surface area contributed by atoms with E-state index in [1.807, 2.05) is 0 Å². The fraction of sp³-hybridized carbons (Fsp3) is 0.867. The zero-order valence-corrected chi connectivity index (χ0v) is 12.6. The van der Waals surface area contributed by atoms with E-state index in [-0.39, 0.29) is 10.3 Å². The van der Waals surface area contributed by atoms with Crippen LogP contribution in [0.5, 0.6) is 0 Å². The van der Waals surface area contributed by atoms with Gasteiger partial charge in [-0.3, -0.25) is 10.1 Å². The van der Waals surface area contributed by atoms with E-state index < -0.39 is 11.6 Å². The molecule has 0 saturated heterocycles. The molecule has 4 atom stereocenters. The minimum absolute atomic E-state index is 0.242. The highest BCUT2D eigenvalue weighted by Gasteiger charge is 2.52. The van der Waals surface area contributed by atoms with E-state index in [4.69, 9.17) is 0 Å². The van der Waals surface area contributed by atoms with Gasteiger partial charge in [0.15, 0.2) is 5.54 Å². The first-order chi connectivity index (χ1) is 9.21. The summed E-state index contributed by atoms with van der Waals surface area (Å²) in [5.74, 6) is 0.938. The van der Waals surface area contributed by atoms with Crippen molar-refractivity contribution in [2.75, 3.05) is 0 Å². The van der Waals surface area contributed by atoms with E-state index in [1.54, 1.807) is 6.92 Å². The van der Waals surface area contributed by atoms with E-state index in [9.17, 15) is 15.0 Å². The molecule has 112 valence electrons. The molecule has 5 nitrogen and oxygen atoms in total. The molecule has 2 rings (SSSR count). The topological polar surface area (TPSA) is 72.6 Å². The first-order valence-corrected chi connectivity index (χ1v) is 7.37. The van der Waals surface area contributed by atoms with Crippen molar-refractivity contribution < 1.29 is 4.92 Å². The summed E-state index contributed by atoms with van der Waals surface area (Å²) in [6.45, 7) is 10.2. The van der Waals surface area contributed by atoms with Gasteiger partial charge in [0.25, 0.3) is 0 Å². The molecule has 0 radical (unpaired) electrons. The molecular formula is C15H24N2O3. The van der Waals surface area contributed by atoms with Crippen molar-refractivity contribution in [1.82, 2.24) is 0 Å². The zero-order valence-electron chi connectivity index (χ0n) is 12.6. The number of hydrogen-bond acceptors (Lipinski definition) is 4. The Morgan fingerprint density at radius 1 is 1.35 bits per heavy atom. The van der Waals surface area contributed by atoms with Gasteiger partial charge < -0.3 is 0 Å². The average molecular weight is 280 g/mol. The largest absolute Gasteiger partial charge is 0.264 e. The third-order valence-electron chi connectivity index (χ3n) is 5.64. The zero-order chi connectivity index (χ0) is 15.1. The monoisotopic (exact) mass is 280 g/mol. The highest BCUT2D eigenvalue weighted by molar-refractivity contribution is 5.15. The number of nitrogens with zero attached hydrogens (tertiary/aromatic N) is 2. The van der Waals surface area contributed by atoms with E-state index >= 15 is 0 Å². The predicted molar refractivity (Wildman–Crippen MR) is 78.0 cm³/mol. The highest BCUT2D eigenvalue weighted by atomic mass is 16.6. The Labute approximate surface area is 119 Å². The van der Waals surface area contributed by atoms with Gasteiger partial charge in [-0.15, -0.1) is 4.91 Å². The lowest BCUT2D eigenvalue weighted by Crippen LogP contribution is -2.46. The number of allylic oxidation sites excluding steroid dienone is 1. The fourth-order valence-corrected chi connectivity index (χ4v) is 4.14. The van der Waals surface area contributed by atoms with E-state index in [2.05, 4.69) is 25.6 Å². The molecule has 2 saturated carbocycles. The van der Waals surface area contributed by atoms with Gasteiger partial charge in [0.2, 0.25) is 6.04 Å². The second-order valence-electron chi connectivity index (χ2n) is 7.39. The maximum absolute atomic E-state index is 11.3. The Bertz CT molecular complexity index is 446. The van der Waals surface area contributed by atoms with Gasteiger partial charge in [-0.05, 0) is 49.9 Å². The van der Waals surface area contributed by atoms with E-state index in [0.717, 1.165) is 18.4 Å². The van der Waals surface area contributed by atoms with Gasteiger partial charge in [-0.2, -0.15) is 0 Å². The standard InChI is InChI=1S/C15H24N2O3/c1-10-5-6-13(17(19)20)15(4,16-18)8-7-12-11(10)9-14(12,2)3/h11-13H,1,5-9H2,2-4H3/t11-,12-,13+,15+/m0/s1. The summed E-state index contributed by atoms with van der Waals surface area (Å²) in [6, 6.07) is -0.891. The first-order valence-electron chi connectivity index (χ1n) is 7.37. The lowest BCUT2D eigenvalue weighted by Gasteiger charge is -2.53. The molecule has 0 aromatic carbocycles. The summed E-state index contributed by atoms with van der Waals surface area (Å²) >= 11 is 0. The molecule has 5 heteroatoms. The average Bonchev–Trinajstić information content (AvgIpc) is 2.39. The second kappa shape index (κ2) is 4.93. The van der Waals surface area contributed by atoms with Crippen LogP contribution in [0.15, 0.2) is 17.3 Å². The minimum atomic E-state index is -1.09. The quantitative estimate of drug-likeness (QED) is 0.333. The van der Waals surface area contributed by atoms with Crippen LogP contribution < -0.4 is 0 Å². The van der Waals surface area contributed by atoms with Crippen LogP contribution in [0.2, 0.25) is 0 Å². The maximum Gasteiger partial charge on any atom is 0.241 e. The second-order valence-corrected chi connectivity index (χ2v) is 7.39. The Morgan fingerprint density at radius 2 is 2.00 bits per heavy atom. The van der Waals surface area contributed by atoms with E-state index in [1.165, 1.54) is 0 Å². The lowest BCUT2D eigenvalue weighted by molar-refractivity contribution is -0.534. The summed E-state index contributed by atoms with van der Waals surface area (Å²) in [5.41, 5.74) is 0.271. The Morgan fingerprint density at radius 3 is 2.50 bits per heavy atom. The normalized spacial score (nSPS) is 40.5. The van der Waals surface area contributed by atoms with Crippen LogP contribution in [0.3, 0.4) is 0 Å². The van der Waals surface area contributed by atoms with Gasteiger partial charge in [0, 0.05) is 11.3 Å². The molecule has 0 spiro atoms. The summed E-state index contributed by atoms with van der Waals surface area (Å²) < 4.78 is 0. The van der Waals surface area contributed by atoms with E-state index in [0.29, 0.717) is 31.1 Å². The molecule has 0 aromatic heterocycles. The minimum Gasteiger partial charge on any atom is -0.264 e. The molecule has 2 fully saturated rings. The molecular weight excluding hydrogens is 256 g/mol. The summed E-state index contributed by atoms with van der Waals surface area (Å²) in [5, 5.41) is 14.5.